The highest BCUT2D eigenvalue weighted by atomic mass is 79.9. The predicted molar refractivity (Wildman–Crippen MR) is 84.5 cm³/mol. The molecule has 0 saturated heterocycles. The number of halogens is 1. The van der Waals surface area contributed by atoms with Crippen molar-refractivity contribution in [1.29, 1.82) is 0 Å². The first kappa shape index (κ1) is 13.7. The highest BCUT2D eigenvalue weighted by Crippen LogP contribution is 2.26. The molecule has 2 N–H and O–H groups in total. The number of hydrogen-bond acceptors (Lipinski definition) is 4. The maximum absolute atomic E-state index is 6.01. The van der Waals surface area contributed by atoms with Crippen molar-refractivity contribution in [1.82, 2.24) is 0 Å². The fourth-order valence-electron chi connectivity index (χ4n) is 2.20. The minimum Gasteiger partial charge on any atom is -0.370 e. The van der Waals surface area contributed by atoms with Gasteiger partial charge >= 0.3 is 0 Å². The van der Waals surface area contributed by atoms with Crippen LogP contribution in [-0.2, 0) is 0 Å². The molecule has 0 amide bonds. The molecular weight excluding hydrogens is 310 g/mol. The van der Waals surface area contributed by atoms with E-state index in [4.69, 9.17) is 5.73 Å². The fraction of sp³-hybridized carbons (Fsp3) is 0.462. The van der Waals surface area contributed by atoms with Crippen LogP contribution in [0.4, 0.5) is 5.69 Å². The van der Waals surface area contributed by atoms with E-state index in [1.165, 1.54) is 12.2 Å². The zero-order valence-corrected chi connectivity index (χ0v) is 12.9. The minimum absolute atomic E-state index is 0.409. The molecule has 1 aliphatic heterocycles. The van der Waals surface area contributed by atoms with Crippen molar-refractivity contribution in [2.24, 2.45) is 10.7 Å². The molecule has 1 heterocycles. The van der Waals surface area contributed by atoms with Gasteiger partial charge in [0.1, 0.15) is 0 Å². The molecule has 2 rings (SSSR count). The van der Waals surface area contributed by atoms with Gasteiger partial charge in [0.05, 0.1) is 12.6 Å². The maximum Gasteiger partial charge on any atom is 0.196 e. The van der Waals surface area contributed by atoms with Crippen molar-refractivity contribution in [2.75, 3.05) is 23.5 Å². The van der Waals surface area contributed by atoms with Gasteiger partial charge in [-0.15, -0.1) is 0 Å². The van der Waals surface area contributed by atoms with Gasteiger partial charge in [0, 0.05) is 10.2 Å². The summed E-state index contributed by atoms with van der Waals surface area (Å²) in [5, 5.41) is 0. The normalized spacial score (nSPS) is 19.1. The number of nitrogens with zero attached hydrogens (tertiary/aromatic N) is 2. The Balaban J connectivity index is 2.10. The summed E-state index contributed by atoms with van der Waals surface area (Å²) in [6, 6.07) is 8.64. The van der Waals surface area contributed by atoms with Gasteiger partial charge in [0.2, 0.25) is 0 Å². The summed E-state index contributed by atoms with van der Waals surface area (Å²) < 4.78 is 1.07. The van der Waals surface area contributed by atoms with Crippen molar-refractivity contribution < 1.29 is 0 Å². The number of thioether (sulfide) groups is 1. The third-order valence-electron chi connectivity index (χ3n) is 3.05. The summed E-state index contributed by atoms with van der Waals surface area (Å²) in [6.45, 7) is 0.812. The molecule has 5 heteroatoms. The number of nitrogens with two attached hydrogens (primary N) is 1. The van der Waals surface area contributed by atoms with Crippen LogP contribution in [-0.4, -0.2) is 30.6 Å². The number of benzene rings is 1. The standard InChI is InChI=1S/C13H18BrN3S/c1-18-7-3-6-12-9-16-13(15)17(12)11-5-2-4-10(14)8-11/h2,4-5,8,12H,3,6-7,9H2,1H3,(H2,15,16). The lowest BCUT2D eigenvalue weighted by Gasteiger charge is -2.26. The lowest BCUT2D eigenvalue weighted by Crippen LogP contribution is -2.40. The van der Waals surface area contributed by atoms with Crippen LogP contribution in [0, 0.1) is 0 Å². The first-order valence-corrected chi connectivity index (χ1v) is 8.24. The molecule has 0 radical (unpaired) electrons. The van der Waals surface area contributed by atoms with E-state index in [0.29, 0.717) is 12.0 Å². The van der Waals surface area contributed by atoms with E-state index >= 15 is 0 Å². The Morgan fingerprint density at radius 2 is 2.39 bits per heavy atom. The Morgan fingerprint density at radius 3 is 3.11 bits per heavy atom. The molecule has 1 aromatic rings. The van der Waals surface area contributed by atoms with E-state index in [1.54, 1.807) is 0 Å². The largest absolute Gasteiger partial charge is 0.370 e. The lowest BCUT2D eigenvalue weighted by molar-refractivity contribution is 0.635. The van der Waals surface area contributed by atoms with Crippen LogP contribution in [0.25, 0.3) is 0 Å². The molecule has 0 bridgehead atoms. The van der Waals surface area contributed by atoms with Crippen molar-refractivity contribution >= 4 is 39.3 Å². The van der Waals surface area contributed by atoms with Crippen LogP contribution in [0.3, 0.4) is 0 Å². The highest BCUT2D eigenvalue weighted by molar-refractivity contribution is 9.10. The molecule has 3 nitrogen and oxygen atoms in total. The van der Waals surface area contributed by atoms with E-state index in [0.717, 1.165) is 23.1 Å². The summed E-state index contributed by atoms with van der Waals surface area (Å²) in [4.78, 5) is 6.54. The quantitative estimate of drug-likeness (QED) is 0.845. The zero-order valence-electron chi connectivity index (χ0n) is 10.5. The Hall–Kier alpha value is -0.680. The lowest BCUT2D eigenvalue weighted by atomic mass is 10.1. The summed E-state index contributed by atoms with van der Waals surface area (Å²) in [5.41, 5.74) is 7.13. The molecule has 18 heavy (non-hydrogen) atoms. The summed E-state index contributed by atoms with van der Waals surface area (Å²) >= 11 is 5.39. The van der Waals surface area contributed by atoms with Crippen LogP contribution in [0.2, 0.25) is 0 Å². The number of rotatable bonds is 5. The Bertz CT molecular complexity index is 436. The summed E-state index contributed by atoms with van der Waals surface area (Å²) in [5.74, 6) is 1.84. The average Bonchev–Trinajstić information content (AvgIpc) is 2.71. The van der Waals surface area contributed by atoms with Crippen molar-refractivity contribution in [3.05, 3.63) is 28.7 Å². The molecule has 0 fully saturated rings. The van der Waals surface area contributed by atoms with E-state index in [1.807, 2.05) is 23.9 Å². The smallest absolute Gasteiger partial charge is 0.196 e. The Kier molecular flexibility index (Phi) is 4.95. The second-order valence-electron chi connectivity index (χ2n) is 4.34. The Labute approximate surface area is 121 Å². The second-order valence-corrected chi connectivity index (χ2v) is 6.24. The van der Waals surface area contributed by atoms with E-state index in [-0.39, 0.29) is 0 Å². The minimum atomic E-state index is 0.409. The van der Waals surface area contributed by atoms with E-state index in [9.17, 15) is 0 Å². The predicted octanol–water partition coefficient (Wildman–Crippen LogP) is 3.10. The van der Waals surface area contributed by atoms with E-state index in [2.05, 4.69) is 44.2 Å². The number of guanidine groups is 1. The monoisotopic (exact) mass is 327 g/mol. The highest BCUT2D eigenvalue weighted by Gasteiger charge is 2.26. The SMILES string of the molecule is CSCCCC1CN=C(N)N1c1cccc(Br)c1. The zero-order chi connectivity index (χ0) is 13.0. The van der Waals surface area contributed by atoms with Gasteiger partial charge in [-0.25, -0.2) is 0 Å². The molecule has 0 aliphatic carbocycles. The molecule has 0 aromatic heterocycles. The van der Waals surface area contributed by atoms with Crippen LogP contribution >= 0.6 is 27.7 Å². The van der Waals surface area contributed by atoms with Gasteiger partial charge in [-0.3, -0.25) is 4.99 Å². The fourth-order valence-corrected chi connectivity index (χ4v) is 3.04. The molecule has 1 aliphatic rings. The topological polar surface area (TPSA) is 41.6 Å². The maximum atomic E-state index is 6.01. The third kappa shape index (κ3) is 3.20. The molecule has 1 unspecified atom stereocenters. The van der Waals surface area contributed by atoms with Crippen LogP contribution in [0.1, 0.15) is 12.8 Å². The van der Waals surface area contributed by atoms with Gasteiger partial charge in [-0.2, -0.15) is 11.8 Å². The summed E-state index contributed by atoms with van der Waals surface area (Å²) in [7, 11) is 0. The van der Waals surface area contributed by atoms with Gasteiger partial charge < -0.3 is 10.6 Å². The average molecular weight is 328 g/mol. The van der Waals surface area contributed by atoms with Crippen molar-refractivity contribution in [3.8, 4) is 0 Å². The number of hydrogen-bond donors (Lipinski definition) is 1. The van der Waals surface area contributed by atoms with Crippen LogP contribution < -0.4 is 10.6 Å². The first-order valence-electron chi connectivity index (χ1n) is 6.06. The number of anilines is 1. The molecule has 0 spiro atoms. The Morgan fingerprint density at radius 1 is 1.56 bits per heavy atom. The molecular formula is C13H18BrN3S. The van der Waals surface area contributed by atoms with Crippen molar-refractivity contribution in [2.45, 2.75) is 18.9 Å². The molecule has 1 aromatic carbocycles. The van der Waals surface area contributed by atoms with Crippen molar-refractivity contribution in [3.63, 3.8) is 0 Å². The summed E-state index contributed by atoms with van der Waals surface area (Å²) in [6.07, 6.45) is 4.49. The van der Waals surface area contributed by atoms with Crippen LogP contribution in [0.15, 0.2) is 33.7 Å². The van der Waals surface area contributed by atoms with Gasteiger partial charge in [0.25, 0.3) is 0 Å². The van der Waals surface area contributed by atoms with Gasteiger partial charge in [0.15, 0.2) is 5.96 Å². The molecule has 98 valence electrons. The number of aliphatic imine (C=N–C) groups is 1. The molecule has 0 saturated carbocycles. The second kappa shape index (κ2) is 6.48. The van der Waals surface area contributed by atoms with Gasteiger partial charge in [-0.05, 0) is 43.0 Å². The molecule has 1 atom stereocenters. The first-order chi connectivity index (χ1) is 8.72. The third-order valence-corrected chi connectivity index (χ3v) is 4.24. The van der Waals surface area contributed by atoms with E-state index < -0.39 is 0 Å². The van der Waals surface area contributed by atoms with Crippen LogP contribution in [0.5, 0.6) is 0 Å². The van der Waals surface area contributed by atoms with Gasteiger partial charge in [-0.1, -0.05) is 22.0 Å².